The van der Waals surface area contributed by atoms with E-state index in [0.717, 1.165) is 24.3 Å². The van der Waals surface area contributed by atoms with Crippen molar-refractivity contribution in [1.82, 2.24) is 5.43 Å². The monoisotopic (exact) mass is 391 g/mol. The van der Waals surface area contributed by atoms with Gasteiger partial charge in [-0.05, 0) is 59.7 Å². The summed E-state index contributed by atoms with van der Waals surface area (Å²) >= 11 is 5.96. The Balaban J connectivity index is 1.44. The average molecular weight is 392 g/mol. The normalized spacial score (nSPS) is 13.0. The number of nitrogens with one attached hydrogen (secondary N) is 1. The molecule has 1 amide bonds. The Morgan fingerprint density at radius 3 is 2.57 bits per heavy atom. The zero-order chi connectivity index (χ0) is 19.5. The highest BCUT2D eigenvalue weighted by Crippen LogP contribution is 2.29. The molecule has 0 atom stereocenters. The van der Waals surface area contributed by atoms with Crippen molar-refractivity contribution >= 4 is 29.4 Å². The van der Waals surface area contributed by atoms with Crippen molar-refractivity contribution in [1.29, 1.82) is 0 Å². The van der Waals surface area contributed by atoms with Gasteiger partial charge in [-0.1, -0.05) is 29.8 Å². The lowest BCUT2D eigenvalue weighted by atomic mass is 10.1. The van der Waals surface area contributed by atoms with E-state index in [1.54, 1.807) is 30.3 Å². The summed E-state index contributed by atoms with van der Waals surface area (Å²) in [6.07, 6.45) is 1.42. The van der Waals surface area contributed by atoms with Gasteiger partial charge in [0.15, 0.2) is 0 Å². The van der Waals surface area contributed by atoms with Crippen LogP contribution in [0.2, 0.25) is 5.02 Å². The zero-order valence-electron chi connectivity index (χ0n) is 15.0. The lowest BCUT2D eigenvalue weighted by Gasteiger charge is -2.17. The fraction of sp³-hybridized carbons (Fsp3) is 0.0909. The summed E-state index contributed by atoms with van der Waals surface area (Å²) in [5.74, 6) is -0.181. The van der Waals surface area contributed by atoms with Crippen LogP contribution in [-0.4, -0.2) is 17.2 Å². The van der Waals surface area contributed by atoms with Gasteiger partial charge in [0, 0.05) is 34.9 Å². The number of fused-ring (bicyclic) bond motifs is 1. The average Bonchev–Trinajstić information content (AvgIpc) is 3.13. The molecule has 5 nitrogen and oxygen atoms in total. The molecule has 0 saturated heterocycles. The van der Waals surface area contributed by atoms with Crippen molar-refractivity contribution in [2.24, 2.45) is 5.10 Å². The summed E-state index contributed by atoms with van der Waals surface area (Å²) in [5.41, 5.74) is 7.00. The summed E-state index contributed by atoms with van der Waals surface area (Å²) in [5, 5.41) is 14.4. The van der Waals surface area contributed by atoms with E-state index in [-0.39, 0.29) is 11.7 Å². The molecule has 4 rings (SSSR count). The predicted octanol–water partition coefficient (Wildman–Crippen LogP) is 4.33. The zero-order valence-corrected chi connectivity index (χ0v) is 15.7. The van der Waals surface area contributed by atoms with Gasteiger partial charge in [-0.2, -0.15) is 5.10 Å². The maximum Gasteiger partial charge on any atom is 0.271 e. The van der Waals surface area contributed by atoms with Gasteiger partial charge in [-0.3, -0.25) is 4.79 Å². The van der Waals surface area contributed by atoms with Crippen LogP contribution in [0.3, 0.4) is 0 Å². The molecule has 3 aromatic rings. The summed E-state index contributed by atoms with van der Waals surface area (Å²) in [6, 6.07) is 20.2. The van der Waals surface area contributed by atoms with Crippen molar-refractivity contribution in [3.05, 3.63) is 94.0 Å². The van der Waals surface area contributed by atoms with E-state index in [1.807, 2.05) is 36.4 Å². The number of hydrogen-bond donors (Lipinski definition) is 2. The lowest BCUT2D eigenvalue weighted by Crippen LogP contribution is -2.18. The molecule has 3 aromatic carbocycles. The molecule has 2 N–H and O–H groups in total. The van der Waals surface area contributed by atoms with Crippen LogP contribution in [-0.2, 0) is 13.1 Å². The number of nitrogens with zero attached hydrogens (tertiary/aromatic N) is 2. The Labute approximate surface area is 167 Å². The number of benzene rings is 3. The van der Waals surface area contributed by atoms with Crippen molar-refractivity contribution in [2.45, 2.75) is 13.1 Å². The van der Waals surface area contributed by atoms with Crippen molar-refractivity contribution < 1.29 is 9.90 Å². The fourth-order valence-electron chi connectivity index (χ4n) is 3.19. The highest BCUT2D eigenvalue weighted by atomic mass is 35.5. The van der Waals surface area contributed by atoms with Crippen molar-refractivity contribution in [3.63, 3.8) is 0 Å². The molecule has 140 valence electrons. The third-order valence-electron chi connectivity index (χ3n) is 4.69. The molecule has 0 spiro atoms. The van der Waals surface area contributed by atoms with Gasteiger partial charge in [-0.15, -0.1) is 0 Å². The first-order valence-corrected chi connectivity index (χ1v) is 9.22. The molecular weight excluding hydrogens is 374 g/mol. The van der Waals surface area contributed by atoms with Crippen LogP contribution in [0, 0.1) is 0 Å². The van der Waals surface area contributed by atoms with E-state index in [0.29, 0.717) is 16.1 Å². The standard InChI is InChI=1S/C22H18ClN3O2/c23-19-7-9-20(10-8-19)26-13-17-6-5-15(11-18(17)14-26)22(28)25-24-12-16-3-1-2-4-21(16)27/h1-12,27H,13-14H2,(H,25,28)/b24-12+. The van der Waals surface area contributed by atoms with E-state index in [9.17, 15) is 9.90 Å². The Morgan fingerprint density at radius 1 is 1.04 bits per heavy atom. The third-order valence-corrected chi connectivity index (χ3v) is 4.94. The van der Waals surface area contributed by atoms with E-state index >= 15 is 0 Å². The van der Waals surface area contributed by atoms with Gasteiger partial charge in [-0.25, -0.2) is 5.43 Å². The summed E-state index contributed by atoms with van der Waals surface area (Å²) in [4.78, 5) is 14.6. The summed E-state index contributed by atoms with van der Waals surface area (Å²) in [6.45, 7) is 1.53. The third kappa shape index (κ3) is 3.85. The number of hydrazone groups is 1. The summed E-state index contributed by atoms with van der Waals surface area (Å²) in [7, 11) is 0. The molecule has 0 fully saturated rings. The maximum atomic E-state index is 12.4. The Bertz CT molecular complexity index is 1050. The smallest absolute Gasteiger partial charge is 0.271 e. The van der Waals surface area contributed by atoms with Gasteiger partial charge in [0.25, 0.3) is 5.91 Å². The number of hydrogen-bond acceptors (Lipinski definition) is 4. The minimum absolute atomic E-state index is 0.111. The van der Waals surface area contributed by atoms with Crippen LogP contribution in [0.4, 0.5) is 5.69 Å². The van der Waals surface area contributed by atoms with E-state index in [1.165, 1.54) is 11.8 Å². The number of amides is 1. The molecule has 28 heavy (non-hydrogen) atoms. The molecule has 1 aliphatic heterocycles. The number of phenols is 1. The molecule has 0 aromatic heterocycles. The molecule has 1 heterocycles. The molecule has 1 aliphatic rings. The highest BCUT2D eigenvalue weighted by molar-refractivity contribution is 6.30. The predicted molar refractivity (Wildman–Crippen MR) is 111 cm³/mol. The first-order chi connectivity index (χ1) is 13.6. The van der Waals surface area contributed by atoms with Gasteiger partial charge in [0.1, 0.15) is 5.75 Å². The van der Waals surface area contributed by atoms with E-state index < -0.39 is 0 Å². The number of para-hydroxylation sites is 1. The van der Waals surface area contributed by atoms with Gasteiger partial charge >= 0.3 is 0 Å². The number of rotatable bonds is 4. The van der Waals surface area contributed by atoms with Crippen LogP contribution >= 0.6 is 11.6 Å². The minimum Gasteiger partial charge on any atom is -0.507 e. The van der Waals surface area contributed by atoms with Gasteiger partial charge < -0.3 is 10.0 Å². The second-order valence-corrected chi connectivity index (χ2v) is 7.01. The molecule has 6 heteroatoms. The van der Waals surface area contributed by atoms with Crippen LogP contribution in [0.5, 0.6) is 5.75 Å². The van der Waals surface area contributed by atoms with Crippen LogP contribution < -0.4 is 10.3 Å². The topological polar surface area (TPSA) is 64.9 Å². The summed E-state index contributed by atoms with van der Waals surface area (Å²) < 4.78 is 0. The second kappa shape index (κ2) is 7.74. The van der Waals surface area contributed by atoms with Crippen molar-refractivity contribution in [2.75, 3.05) is 4.90 Å². The first-order valence-electron chi connectivity index (χ1n) is 8.84. The molecule has 0 radical (unpaired) electrons. The molecule has 0 unspecified atom stereocenters. The minimum atomic E-state index is -0.292. The quantitative estimate of drug-likeness (QED) is 0.514. The fourth-order valence-corrected chi connectivity index (χ4v) is 3.32. The molecule has 0 saturated carbocycles. The number of carbonyl (C=O) groups excluding carboxylic acids is 1. The van der Waals surface area contributed by atoms with E-state index in [4.69, 9.17) is 11.6 Å². The number of carbonyl (C=O) groups is 1. The number of phenolic OH excluding ortho intramolecular Hbond substituents is 1. The first kappa shape index (κ1) is 18.1. The lowest BCUT2D eigenvalue weighted by molar-refractivity contribution is 0.0955. The van der Waals surface area contributed by atoms with Crippen LogP contribution in [0.25, 0.3) is 0 Å². The number of aromatic hydroxyl groups is 1. The Morgan fingerprint density at radius 2 is 1.79 bits per heavy atom. The SMILES string of the molecule is O=C(N/N=C/c1ccccc1O)c1ccc2c(c1)CN(c1ccc(Cl)cc1)C2. The maximum absolute atomic E-state index is 12.4. The van der Waals surface area contributed by atoms with Gasteiger partial charge in [0.05, 0.1) is 6.21 Å². The number of anilines is 1. The Kier molecular flexibility index (Phi) is 5.00. The largest absolute Gasteiger partial charge is 0.507 e. The van der Waals surface area contributed by atoms with E-state index in [2.05, 4.69) is 15.4 Å². The highest BCUT2D eigenvalue weighted by Gasteiger charge is 2.20. The van der Waals surface area contributed by atoms with Crippen molar-refractivity contribution in [3.8, 4) is 5.75 Å². The number of halogens is 1. The molecule has 0 bridgehead atoms. The molecular formula is C22H18ClN3O2. The Hall–Kier alpha value is -3.31. The van der Waals surface area contributed by atoms with Gasteiger partial charge in [0.2, 0.25) is 0 Å². The van der Waals surface area contributed by atoms with Crippen LogP contribution in [0.15, 0.2) is 71.8 Å². The van der Waals surface area contributed by atoms with Crippen LogP contribution in [0.1, 0.15) is 27.0 Å². The molecule has 0 aliphatic carbocycles. The second-order valence-electron chi connectivity index (χ2n) is 6.57.